The fraction of sp³-hybridized carbons (Fsp3) is 0.871. The molecular formula is C31H59NO4Sn. The number of hydrogen-bond donors (Lipinski definition) is 1. The van der Waals surface area contributed by atoms with Crippen LogP contribution < -0.4 is 5.32 Å². The monoisotopic (exact) mass is 629 g/mol. The average molecular weight is 629 g/mol. The van der Waals surface area contributed by atoms with Gasteiger partial charge in [-0.2, -0.15) is 0 Å². The van der Waals surface area contributed by atoms with Crippen molar-refractivity contribution < 1.29 is 19.1 Å². The van der Waals surface area contributed by atoms with Crippen molar-refractivity contribution >= 4 is 30.4 Å². The van der Waals surface area contributed by atoms with E-state index in [9.17, 15) is 9.59 Å². The molecule has 0 radical (unpaired) electrons. The Kier molecular flexibility index (Phi) is 14.6. The molecule has 1 fully saturated rings. The van der Waals surface area contributed by atoms with E-state index in [1.54, 1.807) is 3.59 Å². The van der Waals surface area contributed by atoms with Gasteiger partial charge < -0.3 is 0 Å². The molecule has 0 bridgehead atoms. The topological polar surface area (TPSA) is 64.6 Å². The normalized spacial score (nSPS) is 18.7. The number of amides is 1. The Balaban J connectivity index is 2.60. The summed E-state index contributed by atoms with van der Waals surface area (Å²) < 4.78 is 17.3. The van der Waals surface area contributed by atoms with Gasteiger partial charge in [-0.1, -0.05) is 0 Å². The van der Waals surface area contributed by atoms with Gasteiger partial charge in [-0.3, -0.25) is 0 Å². The zero-order chi connectivity index (χ0) is 28.3. The van der Waals surface area contributed by atoms with Crippen LogP contribution in [0.1, 0.15) is 127 Å². The second kappa shape index (κ2) is 15.8. The number of carbonyl (C=O) groups is 2. The van der Waals surface area contributed by atoms with Gasteiger partial charge >= 0.3 is 208 Å². The van der Waals surface area contributed by atoms with Gasteiger partial charge in [0.1, 0.15) is 5.60 Å². The SMILES string of the molecule is C=[C](CCC[C@@H]1C[C@H]1OC(=O)NC(C(=O)OC(C)(C)C)C(C)(C)C)[Sn]([CH2]CCC)([CH2]CCC)[CH2]CCC. The molecule has 1 rings (SSSR count). The quantitative estimate of drug-likeness (QED) is 0.129. The summed E-state index contributed by atoms with van der Waals surface area (Å²) in [4.78, 5) is 25.3. The Morgan fingerprint density at radius 1 is 0.919 bits per heavy atom. The maximum absolute atomic E-state index is 12.7. The van der Waals surface area contributed by atoms with Gasteiger partial charge in [0.25, 0.3) is 0 Å². The first-order valence-corrected chi connectivity index (χ1v) is 22.6. The summed E-state index contributed by atoms with van der Waals surface area (Å²) in [6.45, 7) is 22.9. The molecule has 1 unspecified atom stereocenters. The second-order valence-corrected chi connectivity index (χ2v) is 27.1. The van der Waals surface area contributed by atoms with E-state index >= 15 is 0 Å². The van der Waals surface area contributed by atoms with Gasteiger partial charge in [-0.15, -0.1) is 0 Å². The molecule has 0 saturated heterocycles. The van der Waals surface area contributed by atoms with E-state index in [2.05, 4.69) is 26.1 Å². The standard InChI is InChI=1S/C19H32NO4.3C4H9.Sn/c1-8-9-10-11-13-12-14(13)23-17(22)20-15(18(2,3)4)16(21)24-19(5,6)7;3*1-3-4-2;/h13-15H,1,9-12H2,2-7H3,(H,20,22);3*1,3-4H2,2H3;/t13-,14-,15?;;;;/m1..../s1. The molecule has 216 valence electrons. The van der Waals surface area contributed by atoms with E-state index in [1.165, 1.54) is 51.8 Å². The minimum absolute atomic E-state index is 0.0407. The van der Waals surface area contributed by atoms with Gasteiger partial charge in [0, 0.05) is 0 Å². The fourth-order valence-corrected chi connectivity index (χ4v) is 21.2. The third-order valence-electron chi connectivity index (χ3n) is 7.72. The number of alkyl carbamates (subject to hydrolysis) is 1. The first kappa shape index (κ1) is 34.3. The molecule has 1 aliphatic carbocycles. The van der Waals surface area contributed by atoms with Crippen molar-refractivity contribution in [1.29, 1.82) is 0 Å². The summed E-state index contributed by atoms with van der Waals surface area (Å²) in [6, 6.07) is -0.755. The number of rotatable bonds is 17. The molecule has 0 heterocycles. The Morgan fingerprint density at radius 3 is 1.86 bits per heavy atom. The molecule has 0 spiro atoms. The summed E-state index contributed by atoms with van der Waals surface area (Å²) in [6.07, 6.45) is 11.7. The van der Waals surface area contributed by atoms with E-state index in [0.717, 1.165) is 25.7 Å². The maximum atomic E-state index is 12.7. The van der Waals surface area contributed by atoms with Crippen molar-refractivity contribution in [2.45, 2.75) is 158 Å². The number of unbranched alkanes of at least 4 members (excludes halogenated alkanes) is 3. The van der Waals surface area contributed by atoms with Gasteiger partial charge in [-0.05, 0) is 20.8 Å². The number of hydrogen-bond acceptors (Lipinski definition) is 4. The Labute approximate surface area is 233 Å². The number of allylic oxidation sites excluding steroid dienone is 1. The number of ether oxygens (including phenoxy) is 2. The summed E-state index contributed by atoms with van der Waals surface area (Å²) in [5.41, 5.74) is -1.08. The second-order valence-electron chi connectivity index (χ2n) is 13.5. The van der Waals surface area contributed by atoms with Crippen molar-refractivity contribution in [1.82, 2.24) is 5.32 Å². The molecule has 3 atom stereocenters. The molecule has 5 nitrogen and oxygen atoms in total. The van der Waals surface area contributed by atoms with Crippen molar-refractivity contribution in [3.8, 4) is 0 Å². The third-order valence-corrected chi connectivity index (χ3v) is 23.9. The molecule has 37 heavy (non-hydrogen) atoms. The molecule has 1 saturated carbocycles. The third kappa shape index (κ3) is 12.8. The Hall–Kier alpha value is -0.721. The summed E-state index contributed by atoms with van der Waals surface area (Å²) in [7, 11) is 0. The number of esters is 1. The van der Waals surface area contributed by atoms with Crippen molar-refractivity contribution in [3.05, 3.63) is 10.2 Å². The first-order valence-electron chi connectivity index (χ1n) is 15.1. The van der Waals surface area contributed by atoms with Gasteiger partial charge in [0.2, 0.25) is 0 Å². The van der Waals surface area contributed by atoms with Crippen LogP contribution in [-0.2, 0) is 14.3 Å². The molecule has 1 amide bonds. The number of nitrogens with one attached hydrogen (secondary N) is 1. The van der Waals surface area contributed by atoms with Gasteiger partial charge in [0.15, 0.2) is 0 Å². The van der Waals surface area contributed by atoms with Gasteiger partial charge in [0.05, 0.1) is 0 Å². The molecule has 0 aromatic carbocycles. The molecule has 1 N–H and O–H groups in total. The molecule has 1 aliphatic rings. The van der Waals surface area contributed by atoms with E-state index in [1.807, 2.05) is 41.5 Å². The van der Waals surface area contributed by atoms with Crippen LogP contribution in [0.5, 0.6) is 0 Å². The van der Waals surface area contributed by atoms with E-state index < -0.39 is 47.5 Å². The van der Waals surface area contributed by atoms with E-state index in [-0.39, 0.29) is 6.10 Å². The minimum atomic E-state index is -2.35. The summed E-state index contributed by atoms with van der Waals surface area (Å²) in [5, 5.41) is 2.78. The van der Waals surface area contributed by atoms with E-state index in [4.69, 9.17) is 16.1 Å². The molecule has 0 aliphatic heterocycles. The van der Waals surface area contributed by atoms with Crippen LogP contribution in [0.3, 0.4) is 0 Å². The van der Waals surface area contributed by atoms with Crippen LogP contribution in [0, 0.1) is 11.3 Å². The van der Waals surface area contributed by atoms with Gasteiger partial charge in [-0.25, -0.2) is 0 Å². The first-order chi connectivity index (χ1) is 17.2. The number of carbonyl (C=O) groups excluding carboxylic acids is 2. The predicted molar refractivity (Wildman–Crippen MR) is 158 cm³/mol. The zero-order valence-electron chi connectivity index (χ0n) is 25.8. The van der Waals surface area contributed by atoms with Crippen LogP contribution in [0.15, 0.2) is 10.2 Å². The van der Waals surface area contributed by atoms with Crippen LogP contribution in [0.2, 0.25) is 13.3 Å². The molecular weight excluding hydrogens is 569 g/mol. The Bertz CT molecular complexity index is 700. The summed E-state index contributed by atoms with van der Waals surface area (Å²) in [5.74, 6) is 0.00602. The Morgan fingerprint density at radius 2 is 1.43 bits per heavy atom. The molecule has 6 heteroatoms. The van der Waals surface area contributed by atoms with Crippen molar-refractivity contribution in [2.24, 2.45) is 11.3 Å². The van der Waals surface area contributed by atoms with Crippen LogP contribution in [0.4, 0.5) is 4.79 Å². The van der Waals surface area contributed by atoms with Crippen molar-refractivity contribution in [3.63, 3.8) is 0 Å². The zero-order valence-corrected chi connectivity index (χ0v) is 28.6. The predicted octanol–water partition coefficient (Wildman–Crippen LogP) is 8.97. The summed E-state index contributed by atoms with van der Waals surface area (Å²) >= 11 is -2.35. The van der Waals surface area contributed by atoms with Crippen molar-refractivity contribution in [2.75, 3.05) is 0 Å². The van der Waals surface area contributed by atoms with Crippen LogP contribution in [-0.4, -0.2) is 48.2 Å². The van der Waals surface area contributed by atoms with Crippen LogP contribution >= 0.6 is 0 Å². The van der Waals surface area contributed by atoms with E-state index in [0.29, 0.717) is 5.92 Å². The molecule has 0 aromatic rings. The average Bonchev–Trinajstić information content (AvgIpc) is 3.52. The fourth-order valence-electron chi connectivity index (χ4n) is 5.24. The molecule has 0 aromatic heterocycles. The van der Waals surface area contributed by atoms with Crippen LogP contribution in [0.25, 0.3) is 0 Å².